The zero-order chi connectivity index (χ0) is 14.5. The molecule has 0 aromatic carbocycles. The maximum Gasteiger partial charge on any atom is 0.270 e. The lowest BCUT2D eigenvalue weighted by Crippen LogP contribution is -2.36. The summed E-state index contributed by atoms with van der Waals surface area (Å²) in [5.74, 6) is -0.00798. The van der Waals surface area contributed by atoms with Gasteiger partial charge < -0.3 is 10.1 Å². The van der Waals surface area contributed by atoms with E-state index in [9.17, 15) is 4.79 Å². The van der Waals surface area contributed by atoms with Crippen molar-refractivity contribution in [1.82, 2.24) is 15.2 Å². The maximum absolute atomic E-state index is 12.2. The van der Waals surface area contributed by atoms with Gasteiger partial charge in [-0.1, -0.05) is 19.3 Å². The number of hydrogen-bond acceptors (Lipinski definition) is 5. The highest BCUT2D eigenvalue weighted by molar-refractivity contribution is 7.09. The first-order valence-electron chi connectivity index (χ1n) is 7.86. The number of nitrogens with zero attached hydrogens (tertiary/aromatic N) is 2. The first kappa shape index (κ1) is 14.9. The fraction of sp³-hybridized carbons (Fsp3) is 0.733. The molecule has 1 saturated heterocycles. The van der Waals surface area contributed by atoms with Gasteiger partial charge in [-0.3, -0.25) is 9.69 Å². The van der Waals surface area contributed by atoms with E-state index in [1.54, 1.807) is 11.3 Å². The van der Waals surface area contributed by atoms with Gasteiger partial charge >= 0.3 is 0 Å². The molecule has 1 saturated carbocycles. The van der Waals surface area contributed by atoms with Crippen LogP contribution >= 0.6 is 11.3 Å². The molecule has 0 bridgehead atoms. The first-order valence-corrected chi connectivity index (χ1v) is 8.74. The van der Waals surface area contributed by atoms with E-state index < -0.39 is 0 Å². The van der Waals surface area contributed by atoms with Crippen LogP contribution in [0.3, 0.4) is 0 Å². The number of morpholine rings is 1. The summed E-state index contributed by atoms with van der Waals surface area (Å²) in [6.45, 7) is 4.30. The first-order chi connectivity index (χ1) is 10.3. The molecule has 1 aliphatic carbocycles. The van der Waals surface area contributed by atoms with Crippen LogP contribution in [-0.4, -0.2) is 48.1 Å². The number of amides is 1. The Kier molecular flexibility index (Phi) is 5.22. The highest BCUT2D eigenvalue weighted by atomic mass is 32.1. The number of carbonyl (C=O) groups excluding carboxylic acids is 1. The molecule has 1 aromatic heterocycles. The lowest BCUT2D eigenvalue weighted by Gasteiger charge is -2.25. The number of thiazole rings is 1. The van der Waals surface area contributed by atoms with E-state index in [0.717, 1.165) is 50.7 Å². The summed E-state index contributed by atoms with van der Waals surface area (Å²) >= 11 is 1.58. The van der Waals surface area contributed by atoms with Gasteiger partial charge in [0.25, 0.3) is 5.91 Å². The average molecular weight is 309 g/mol. The molecule has 116 valence electrons. The maximum atomic E-state index is 12.2. The van der Waals surface area contributed by atoms with Gasteiger partial charge in [0.05, 0.1) is 19.8 Å². The van der Waals surface area contributed by atoms with Crippen molar-refractivity contribution in [3.63, 3.8) is 0 Å². The Morgan fingerprint density at radius 3 is 2.86 bits per heavy atom. The SMILES string of the molecule is O=C(NC1CCCCC1)c1csc(CN2CCOCC2)n1. The van der Waals surface area contributed by atoms with Crippen molar-refractivity contribution in [2.45, 2.75) is 44.7 Å². The topological polar surface area (TPSA) is 54.5 Å². The summed E-state index contributed by atoms with van der Waals surface area (Å²) in [5.41, 5.74) is 0.578. The number of aromatic nitrogens is 1. The summed E-state index contributed by atoms with van der Waals surface area (Å²) in [4.78, 5) is 19.0. The van der Waals surface area contributed by atoms with Gasteiger partial charge in [0.15, 0.2) is 0 Å². The molecule has 0 radical (unpaired) electrons. The number of nitrogens with one attached hydrogen (secondary N) is 1. The smallest absolute Gasteiger partial charge is 0.270 e. The molecule has 3 rings (SSSR count). The zero-order valence-corrected chi connectivity index (χ0v) is 13.2. The minimum absolute atomic E-state index is 0.00798. The monoisotopic (exact) mass is 309 g/mol. The lowest BCUT2D eigenvalue weighted by molar-refractivity contribution is 0.0341. The van der Waals surface area contributed by atoms with E-state index in [-0.39, 0.29) is 5.91 Å². The predicted octanol–water partition coefficient (Wildman–Crippen LogP) is 2.04. The van der Waals surface area contributed by atoms with Crippen LogP contribution in [0.15, 0.2) is 5.38 Å². The largest absolute Gasteiger partial charge is 0.379 e. The lowest BCUT2D eigenvalue weighted by atomic mass is 9.95. The van der Waals surface area contributed by atoms with Gasteiger partial charge in [0.2, 0.25) is 0 Å². The minimum Gasteiger partial charge on any atom is -0.379 e. The summed E-state index contributed by atoms with van der Waals surface area (Å²) in [6.07, 6.45) is 5.97. The average Bonchev–Trinajstić information content (AvgIpc) is 2.98. The van der Waals surface area contributed by atoms with Crippen LogP contribution in [0.1, 0.15) is 47.6 Å². The minimum atomic E-state index is -0.00798. The predicted molar refractivity (Wildman–Crippen MR) is 82.5 cm³/mol. The second-order valence-electron chi connectivity index (χ2n) is 5.82. The Bertz CT molecular complexity index is 465. The van der Waals surface area contributed by atoms with Crippen molar-refractivity contribution in [2.75, 3.05) is 26.3 Å². The van der Waals surface area contributed by atoms with Crippen molar-refractivity contribution in [3.8, 4) is 0 Å². The van der Waals surface area contributed by atoms with Gasteiger partial charge in [-0.05, 0) is 12.8 Å². The van der Waals surface area contributed by atoms with Gasteiger partial charge in [-0.15, -0.1) is 11.3 Å². The third-order valence-corrected chi connectivity index (χ3v) is 5.02. The molecule has 1 amide bonds. The number of carbonyl (C=O) groups is 1. The van der Waals surface area contributed by atoms with E-state index in [1.807, 2.05) is 5.38 Å². The van der Waals surface area contributed by atoms with Crippen molar-refractivity contribution < 1.29 is 9.53 Å². The van der Waals surface area contributed by atoms with E-state index >= 15 is 0 Å². The summed E-state index contributed by atoms with van der Waals surface area (Å²) < 4.78 is 5.34. The van der Waals surface area contributed by atoms with Crippen LogP contribution in [0.25, 0.3) is 0 Å². The van der Waals surface area contributed by atoms with Crippen LogP contribution in [0.5, 0.6) is 0 Å². The molecular formula is C15H23N3O2S. The Morgan fingerprint density at radius 2 is 2.10 bits per heavy atom. The summed E-state index contributed by atoms with van der Waals surface area (Å²) in [5, 5.41) is 6.03. The normalized spacial score (nSPS) is 21.3. The van der Waals surface area contributed by atoms with Crippen molar-refractivity contribution in [3.05, 3.63) is 16.1 Å². The van der Waals surface area contributed by atoms with Gasteiger partial charge in [0.1, 0.15) is 10.7 Å². The van der Waals surface area contributed by atoms with E-state index in [4.69, 9.17) is 4.74 Å². The molecular weight excluding hydrogens is 286 g/mol. The fourth-order valence-corrected chi connectivity index (χ4v) is 3.76. The van der Waals surface area contributed by atoms with Crippen molar-refractivity contribution in [2.24, 2.45) is 0 Å². The second kappa shape index (κ2) is 7.33. The van der Waals surface area contributed by atoms with Gasteiger partial charge in [-0.2, -0.15) is 0 Å². The van der Waals surface area contributed by atoms with Gasteiger partial charge in [0, 0.05) is 24.5 Å². The zero-order valence-electron chi connectivity index (χ0n) is 12.3. The molecule has 2 heterocycles. The number of hydrogen-bond donors (Lipinski definition) is 1. The molecule has 2 aliphatic rings. The third kappa shape index (κ3) is 4.25. The second-order valence-corrected chi connectivity index (χ2v) is 6.77. The quantitative estimate of drug-likeness (QED) is 0.925. The molecule has 1 aromatic rings. The number of rotatable bonds is 4. The molecule has 0 unspecified atom stereocenters. The third-order valence-electron chi connectivity index (χ3n) is 4.19. The molecule has 0 atom stereocenters. The van der Waals surface area contributed by atoms with E-state index in [2.05, 4.69) is 15.2 Å². The van der Waals surface area contributed by atoms with E-state index in [0.29, 0.717) is 11.7 Å². The Hall–Kier alpha value is -0.980. The molecule has 1 N–H and O–H groups in total. The molecule has 0 spiro atoms. The van der Waals surface area contributed by atoms with Crippen LogP contribution in [0.2, 0.25) is 0 Å². The van der Waals surface area contributed by atoms with Crippen molar-refractivity contribution >= 4 is 17.2 Å². The van der Waals surface area contributed by atoms with Crippen LogP contribution in [0, 0.1) is 0 Å². The van der Waals surface area contributed by atoms with Crippen LogP contribution in [-0.2, 0) is 11.3 Å². The van der Waals surface area contributed by atoms with Gasteiger partial charge in [-0.25, -0.2) is 4.98 Å². The summed E-state index contributed by atoms with van der Waals surface area (Å²) in [7, 11) is 0. The molecule has 6 heteroatoms. The number of ether oxygens (including phenoxy) is 1. The Balaban J connectivity index is 1.52. The highest BCUT2D eigenvalue weighted by Crippen LogP contribution is 2.18. The van der Waals surface area contributed by atoms with Crippen LogP contribution in [0.4, 0.5) is 0 Å². The Morgan fingerprint density at radius 1 is 1.33 bits per heavy atom. The molecule has 2 fully saturated rings. The van der Waals surface area contributed by atoms with E-state index in [1.165, 1.54) is 19.3 Å². The standard InChI is InChI=1S/C15H23N3O2S/c19-15(16-12-4-2-1-3-5-12)13-11-21-14(17-13)10-18-6-8-20-9-7-18/h11-12H,1-10H2,(H,16,19). The fourth-order valence-electron chi connectivity index (χ4n) is 2.94. The highest BCUT2D eigenvalue weighted by Gasteiger charge is 2.19. The molecule has 1 aliphatic heterocycles. The summed E-state index contributed by atoms with van der Waals surface area (Å²) in [6, 6.07) is 0.343. The van der Waals surface area contributed by atoms with Crippen molar-refractivity contribution in [1.29, 1.82) is 0 Å². The molecule has 5 nitrogen and oxygen atoms in total. The van der Waals surface area contributed by atoms with Crippen LogP contribution < -0.4 is 5.32 Å². The Labute approximate surface area is 129 Å². The molecule has 21 heavy (non-hydrogen) atoms.